The molecule has 0 aliphatic carbocycles. The Morgan fingerprint density at radius 3 is 1.33 bits per heavy atom. The molecule has 0 rings (SSSR count). The monoisotopic (exact) mass is 804 g/mol. The summed E-state index contributed by atoms with van der Waals surface area (Å²) in [5, 5.41) is 23.7. The second kappa shape index (κ2) is 45.4. The maximum Gasteiger partial charge on any atom is 0.306 e. The molecule has 0 spiro atoms. The maximum absolute atomic E-state index is 13.2. The first-order chi connectivity index (χ1) is 28.0. The van der Waals surface area contributed by atoms with E-state index in [0.717, 1.165) is 57.8 Å². The van der Waals surface area contributed by atoms with Gasteiger partial charge in [-0.3, -0.25) is 9.59 Å². The summed E-state index contributed by atoms with van der Waals surface area (Å²) < 4.78 is 5.90. The summed E-state index contributed by atoms with van der Waals surface area (Å²) in [5.74, 6) is -0.510. The van der Waals surface area contributed by atoms with Crippen molar-refractivity contribution in [2.75, 3.05) is 6.61 Å². The smallest absolute Gasteiger partial charge is 0.306 e. The fourth-order valence-corrected chi connectivity index (χ4v) is 7.72. The molecule has 0 aromatic rings. The first-order valence-corrected chi connectivity index (χ1v) is 25.1. The number of esters is 1. The Balaban J connectivity index is 4.63. The minimum atomic E-state index is -0.794. The number of carbonyl (C=O) groups excluding carboxylic acids is 2. The van der Waals surface area contributed by atoms with Crippen LogP contribution in [0.5, 0.6) is 0 Å². The Bertz CT molecular complexity index is 904. The summed E-state index contributed by atoms with van der Waals surface area (Å²) in [7, 11) is 0. The van der Waals surface area contributed by atoms with Gasteiger partial charge in [-0.15, -0.1) is 0 Å². The molecular weight excluding hydrogens is 707 g/mol. The van der Waals surface area contributed by atoms with E-state index in [1.54, 1.807) is 0 Å². The molecule has 57 heavy (non-hydrogen) atoms. The summed E-state index contributed by atoms with van der Waals surface area (Å²) >= 11 is 0. The molecule has 0 aromatic carbocycles. The number of unbranched alkanes of at least 4 members (excludes halogenated alkanes) is 30. The fourth-order valence-electron chi connectivity index (χ4n) is 7.72. The van der Waals surface area contributed by atoms with Crippen LogP contribution in [0.3, 0.4) is 0 Å². The Hall–Kier alpha value is -1.66. The van der Waals surface area contributed by atoms with Gasteiger partial charge in [-0.2, -0.15) is 0 Å². The SMILES string of the molecule is CCCCCCCCC/C=C/C=C/CCCC(CC(=O)NC(CO)C(O)CCCCCCCCCCCCCC)OC(=O)CCCCCCCCCCCCCC. The third kappa shape index (κ3) is 40.9. The zero-order chi connectivity index (χ0) is 41.7. The van der Waals surface area contributed by atoms with Gasteiger partial charge in [0.15, 0.2) is 0 Å². The predicted octanol–water partition coefficient (Wildman–Crippen LogP) is 14.7. The third-order valence-corrected chi connectivity index (χ3v) is 11.6. The van der Waals surface area contributed by atoms with E-state index in [1.807, 2.05) is 0 Å². The van der Waals surface area contributed by atoms with E-state index in [-0.39, 0.29) is 24.9 Å². The van der Waals surface area contributed by atoms with Crippen LogP contribution < -0.4 is 5.32 Å². The van der Waals surface area contributed by atoms with Crippen molar-refractivity contribution < 1.29 is 24.5 Å². The average Bonchev–Trinajstić information content (AvgIpc) is 3.20. The second-order valence-corrected chi connectivity index (χ2v) is 17.3. The highest BCUT2D eigenvalue weighted by atomic mass is 16.5. The molecule has 3 unspecified atom stereocenters. The Morgan fingerprint density at radius 2 is 0.895 bits per heavy atom. The molecule has 0 fully saturated rings. The van der Waals surface area contributed by atoms with E-state index >= 15 is 0 Å². The molecule has 336 valence electrons. The molecule has 6 heteroatoms. The van der Waals surface area contributed by atoms with E-state index in [2.05, 4.69) is 50.4 Å². The van der Waals surface area contributed by atoms with Gasteiger partial charge < -0.3 is 20.3 Å². The van der Waals surface area contributed by atoms with E-state index in [1.165, 1.54) is 161 Å². The lowest BCUT2D eigenvalue weighted by Crippen LogP contribution is -2.46. The van der Waals surface area contributed by atoms with E-state index < -0.39 is 18.2 Å². The van der Waals surface area contributed by atoms with Crippen LogP contribution in [-0.4, -0.2) is 46.9 Å². The lowest BCUT2D eigenvalue weighted by Gasteiger charge is -2.24. The van der Waals surface area contributed by atoms with Crippen LogP contribution in [0, 0.1) is 0 Å². The van der Waals surface area contributed by atoms with Crippen molar-refractivity contribution in [2.24, 2.45) is 0 Å². The Kier molecular flexibility index (Phi) is 44.1. The molecule has 3 atom stereocenters. The van der Waals surface area contributed by atoms with Gasteiger partial charge >= 0.3 is 5.97 Å². The van der Waals surface area contributed by atoms with Crippen LogP contribution in [0.1, 0.15) is 265 Å². The zero-order valence-corrected chi connectivity index (χ0v) is 38.2. The van der Waals surface area contributed by atoms with Gasteiger partial charge in [-0.05, 0) is 44.9 Å². The largest absolute Gasteiger partial charge is 0.462 e. The first kappa shape index (κ1) is 55.3. The van der Waals surface area contributed by atoms with Crippen molar-refractivity contribution in [1.82, 2.24) is 5.32 Å². The molecule has 0 heterocycles. The molecule has 3 N–H and O–H groups in total. The molecular formula is C51H97NO5. The fraction of sp³-hybridized carbons (Fsp3) is 0.882. The summed E-state index contributed by atoms with van der Waals surface area (Å²) in [4.78, 5) is 26.0. The van der Waals surface area contributed by atoms with Crippen molar-refractivity contribution in [1.29, 1.82) is 0 Å². The molecule has 0 aliphatic rings. The lowest BCUT2D eigenvalue weighted by atomic mass is 10.0. The minimum Gasteiger partial charge on any atom is -0.462 e. The van der Waals surface area contributed by atoms with Gasteiger partial charge in [0.05, 0.1) is 25.2 Å². The molecule has 0 aromatic heterocycles. The molecule has 0 radical (unpaired) electrons. The zero-order valence-electron chi connectivity index (χ0n) is 38.2. The number of allylic oxidation sites excluding steroid dienone is 4. The highest BCUT2D eigenvalue weighted by Gasteiger charge is 2.24. The molecule has 1 amide bonds. The number of nitrogens with one attached hydrogen (secondary N) is 1. The van der Waals surface area contributed by atoms with Crippen molar-refractivity contribution in [3.63, 3.8) is 0 Å². The average molecular weight is 804 g/mol. The van der Waals surface area contributed by atoms with E-state index in [0.29, 0.717) is 19.3 Å². The first-order valence-electron chi connectivity index (χ1n) is 25.1. The topological polar surface area (TPSA) is 95.9 Å². The quantitative estimate of drug-likeness (QED) is 0.0324. The van der Waals surface area contributed by atoms with Crippen molar-refractivity contribution in [3.05, 3.63) is 24.3 Å². The number of rotatable bonds is 45. The van der Waals surface area contributed by atoms with Gasteiger partial charge in [-0.1, -0.05) is 231 Å². The van der Waals surface area contributed by atoms with Crippen molar-refractivity contribution >= 4 is 11.9 Å². The van der Waals surface area contributed by atoms with Gasteiger partial charge in [0.1, 0.15) is 6.10 Å². The normalized spacial score (nSPS) is 13.4. The molecule has 6 nitrogen and oxygen atoms in total. The molecule has 0 bridgehead atoms. The van der Waals surface area contributed by atoms with Crippen LogP contribution in [0.2, 0.25) is 0 Å². The highest BCUT2D eigenvalue weighted by Crippen LogP contribution is 2.17. The van der Waals surface area contributed by atoms with E-state index in [4.69, 9.17) is 4.74 Å². The maximum atomic E-state index is 13.2. The summed E-state index contributed by atoms with van der Waals surface area (Å²) in [5.41, 5.74) is 0. The molecule has 0 saturated heterocycles. The summed E-state index contributed by atoms with van der Waals surface area (Å²) in [6.07, 6.45) is 51.0. The Morgan fingerprint density at radius 1 is 0.509 bits per heavy atom. The second-order valence-electron chi connectivity index (χ2n) is 17.3. The minimum absolute atomic E-state index is 0.0497. The number of ether oxygens (including phenoxy) is 1. The van der Waals surface area contributed by atoms with Crippen molar-refractivity contribution in [3.8, 4) is 0 Å². The van der Waals surface area contributed by atoms with Gasteiger partial charge in [0.25, 0.3) is 0 Å². The Labute approximate surface area is 354 Å². The lowest BCUT2D eigenvalue weighted by molar-refractivity contribution is -0.151. The number of hydrogen-bond acceptors (Lipinski definition) is 5. The predicted molar refractivity (Wildman–Crippen MR) is 246 cm³/mol. The number of hydrogen-bond donors (Lipinski definition) is 3. The van der Waals surface area contributed by atoms with Crippen LogP contribution >= 0.6 is 0 Å². The number of amides is 1. The van der Waals surface area contributed by atoms with Crippen LogP contribution in [0.4, 0.5) is 0 Å². The van der Waals surface area contributed by atoms with Gasteiger partial charge in [0.2, 0.25) is 5.91 Å². The van der Waals surface area contributed by atoms with Crippen molar-refractivity contribution in [2.45, 2.75) is 283 Å². The third-order valence-electron chi connectivity index (χ3n) is 11.6. The van der Waals surface area contributed by atoms with Gasteiger partial charge in [0, 0.05) is 6.42 Å². The molecule has 0 saturated carbocycles. The number of aliphatic hydroxyl groups excluding tert-OH is 2. The van der Waals surface area contributed by atoms with Crippen LogP contribution in [-0.2, 0) is 14.3 Å². The molecule has 0 aliphatic heterocycles. The number of aliphatic hydroxyl groups is 2. The highest BCUT2D eigenvalue weighted by molar-refractivity contribution is 5.77. The van der Waals surface area contributed by atoms with Crippen LogP contribution in [0.15, 0.2) is 24.3 Å². The summed E-state index contributed by atoms with van der Waals surface area (Å²) in [6.45, 7) is 6.47. The van der Waals surface area contributed by atoms with E-state index in [9.17, 15) is 19.8 Å². The summed E-state index contributed by atoms with van der Waals surface area (Å²) in [6, 6.07) is -0.710. The van der Waals surface area contributed by atoms with Crippen LogP contribution in [0.25, 0.3) is 0 Å². The van der Waals surface area contributed by atoms with Gasteiger partial charge in [-0.25, -0.2) is 0 Å². The number of carbonyl (C=O) groups is 2. The standard InChI is InChI=1S/C51H97NO5/c1-4-7-10-13-16-19-22-25-26-27-30-33-36-39-42-47(57-51(56)44-41-38-35-32-29-24-21-18-15-12-9-6-3)45-50(55)52-48(46-53)49(54)43-40-37-34-31-28-23-20-17-14-11-8-5-2/h26-27,30,33,47-49,53-54H,4-25,28-29,31-32,34-46H2,1-3H3,(H,52,55)/b27-26+,33-30+.